The maximum atomic E-state index is 11.6. The molecule has 30 heavy (non-hydrogen) atoms. The van der Waals surface area contributed by atoms with Crippen LogP contribution in [0.2, 0.25) is 0 Å². The highest BCUT2D eigenvalue weighted by Gasteiger charge is 2.24. The summed E-state index contributed by atoms with van der Waals surface area (Å²) in [6.07, 6.45) is 1.04. The van der Waals surface area contributed by atoms with Crippen LogP contribution in [0.3, 0.4) is 0 Å². The predicted octanol–water partition coefficient (Wildman–Crippen LogP) is 3.01. The summed E-state index contributed by atoms with van der Waals surface area (Å²) in [5.74, 6) is 0.717. The first kappa shape index (κ1) is 20.3. The zero-order chi connectivity index (χ0) is 21.1. The molecular weight excluding hydrogens is 380 g/mol. The zero-order valence-electron chi connectivity index (χ0n) is 17.5. The first-order valence-corrected chi connectivity index (χ1v) is 10.0. The van der Waals surface area contributed by atoms with Crippen molar-refractivity contribution in [2.45, 2.75) is 25.6 Å². The minimum Gasteiger partial charge on any atom is -0.465 e. The quantitative estimate of drug-likeness (QED) is 0.583. The molecule has 3 aromatic rings. The smallest absolute Gasteiger partial charge is 0.337 e. The van der Waals surface area contributed by atoms with Gasteiger partial charge in [-0.25, -0.2) is 4.79 Å². The first-order valence-electron chi connectivity index (χ1n) is 10.0. The predicted molar refractivity (Wildman–Crippen MR) is 113 cm³/mol. The van der Waals surface area contributed by atoms with Crippen molar-refractivity contribution in [3.63, 3.8) is 0 Å². The number of esters is 1. The number of aromatic nitrogens is 2. The van der Waals surface area contributed by atoms with Crippen LogP contribution in [0.1, 0.15) is 27.4 Å². The minimum atomic E-state index is -0.368. The lowest BCUT2D eigenvalue weighted by molar-refractivity contribution is 0.0600. The Labute approximate surface area is 176 Å². The molecule has 2 aromatic carbocycles. The second kappa shape index (κ2) is 8.77. The Bertz CT molecular complexity index is 1020. The number of hydrogen-bond acceptors (Lipinski definition) is 7. The summed E-state index contributed by atoms with van der Waals surface area (Å²) in [7, 11) is 5.61. The van der Waals surface area contributed by atoms with Gasteiger partial charge in [0.25, 0.3) is 0 Å². The van der Waals surface area contributed by atoms with E-state index in [1.807, 2.05) is 0 Å². The molecule has 2 heterocycles. The van der Waals surface area contributed by atoms with E-state index < -0.39 is 0 Å². The van der Waals surface area contributed by atoms with Gasteiger partial charge in [-0.3, -0.25) is 9.80 Å². The standard InChI is InChI=1S/C23H26N4O3/c1-26(14-20-12-18-6-4-5-7-19(18)13-27(20)2)15-21-24-22(25-30-21)16-8-10-17(11-9-16)23(28)29-3/h4-11,20H,12-15H2,1-3H3/t20-/m1/s1. The van der Waals surface area contributed by atoms with Crippen LogP contribution in [0.4, 0.5) is 0 Å². The zero-order valence-corrected chi connectivity index (χ0v) is 17.5. The van der Waals surface area contributed by atoms with Crippen molar-refractivity contribution in [3.8, 4) is 11.4 Å². The van der Waals surface area contributed by atoms with E-state index in [0.717, 1.165) is 25.1 Å². The fraction of sp³-hybridized carbons (Fsp3) is 0.348. The molecule has 0 unspecified atom stereocenters. The molecule has 1 aromatic heterocycles. The van der Waals surface area contributed by atoms with Crippen LogP contribution in [0.25, 0.3) is 11.4 Å². The average molecular weight is 406 g/mol. The molecule has 0 N–H and O–H groups in total. The normalized spacial score (nSPS) is 16.5. The highest BCUT2D eigenvalue weighted by Crippen LogP contribution is 2.23. The van der Waals surface area contributed by atoms with Crippen LogP contribution in [0.15, 0.2) is 53.1 Å². The molecule has 0 saturated heterocycles. The Morgan fingerprint density at radius 3 is 2.67 bits per heavy atom. The Balaban J connectivity index is 1.37. The van der Waals surface area contributed by atoms with E-state index in [9.17, 15) is 4.79 Å². The Morgan fingerprint density at radius 1 is 1.20 bits per heavy atom. The van der Waals surface area contributed by atoms with Gasteiger partial charge >= 0.3 is 5.97 Å². The first-order chi connectivity index (χ1) is 14.5. The highest BCUT2D eigenvalue weighted by molar-refractivity contribution is 5.89. The molecule has 156 valence electrons. The van der Waals surface area contributed by atoms with Gasteiger partial charge in [0.15, 0.2) is 0 Å². The largest absolute Gasteiger partial charge is 0.465 e. The lowest BCUT2D eigenvalue weighted by Gasteiger charge is -2.36. The second-order valence-electron chi connectivity index (χ2n) is 7.82. The number of methoxy groups -OCH3 is 1. The van der Waals surface area contributed by atoms with E-state index in [2.05, 4.69) is 58.3 Å². The van der Waals surface area contributed by atoms with Crippen molar-refractivity contribution in [2.75, 3.05) is 27.7 Å². The maximum absolute atomic E-state index is 11.6. The fourth-order valence-electron chi connectivity index (χ4n) is 3.89. The number of ether oxygens (including phenoxy) is 1. The van der Waals surface area contributed by atoms with Gasteiger partial charge in [-0.05, 0) is 43.8 Å². The number of rotatable bonds is 6. The van der Waals surface area contributed by atoms with E-state index in [1.54, 1.807) is 24.3 Å². The molecule has 1 aliphatic rings. The molecule has 0 bridgehead atoms. The molecular formula is C23H26N4O3. The van der Waals surface area contributed by atoms with Crippen LogP contribution in [0, 0.1) is 0 Å². The molecule has 0 aliphatic carbocycles. The average Bonchev–Trinajstić information content (AvgIpc) is 3.22. The third-order valence-electron chi connectivity index (χ3n) is 5.58. The lowest BCUT2D eigenvalue weighted by Crippen LogP contribution is -2.44. The summed E-state index contributed by atoms with van der Waals surface area (Å²) in [4.78, 5) is 20.7. The van der Waals surface area contributed by atoms with Crippen molar-refractivity contribution in [1.82, 2.24) is 19.9 Å². The van der Waals surface area contributed by atoms with E-state index in [4.69, 9.17) is 9.26 Å². The summed E-state index contributed by atoms with van der Waals surface area (Å²) < 4.78 is 10.2. The number of carbonyl (C=O) groups excluding carboxylic acids is 1. The SMILES string of the molecule is COC(=O)c1ccc(-c2noc(CN(C)C[C@H]3Cc4ccccc4CN3C)n2)cc1. The molecule has 0 saturated carbocycles. The van der Waals surface area contributed by atoms with E-state index in [0.29, 0.717) is 29.9 Å². The second-order valence-corrected chi connectivity index (χ2v) is 7.82. The molecule has 0 radical (unpaired) electrons. The summed E-state index contributed by atoms with van der Waals surface area (Å²) in [5, 5.41) is 4.09. The van der Waals surface area contributed by atoms with Gasteiger partial charge in [-0.2, -0.15) is 4.98 Å². The summed E-state index contributed by atoms with van der Waals surface area (Å²) in [5.41, 5.74) is 4.13. The van der Waals surface area contributed by atoms with E-state index >= 15 is 0 Å². The molecule has 7 heteroatoms. The van der Waals surface area contributed by atoms with E-state index in [1.165, 1.54) is 18.2 Å². The number of carbonyl (C=O) groups is 1. The summed E-state index contributed by atoms with van der Waals surface area (Å²) >= 11 is 0. The van der Waals surface area contributed by atoms with Gasteiger partial charge in [0.2, 0.25) is 11.7 Å². The van der Waals surface area contributed by atoms with Gasteiger partial charge in [-0.1, -0.05) is 41.6 Å². The third kappa shape index (κ3) is 4.42. The van der Waals surface area contributed by atoms with Crippen molar-refractivity contribution in [1.29, 1.82) is 0 Å². The number of benzene rings is 2. The Hall–Kier alpha value is -3.03. The molecule has 7 nitrogen and oxygen atoms in total. The molecule has 4 rings (SSSR count). The fourth-order valence-corrected chi connectivity index (χ4v) is 3.89. The monoisotopic (exact) mass is 406 g/mol. The summed E-state index contributed by atoms with van der Waals surface area (Å²) in [6.45, 7) is 2.47. The van der Waals surface area contributed by atoms with Crippen LogP contribution >= 0.6 is 0 Å². The lowest BCUT2D eigenvalue weighted by atomic mass is 9.94. The van der Waals surface area contributed by atoms with Gasteiger partial charge in [0.05, 0.1) is 19.2 Å². The molecule has 1 aliphatic heterocycles. The highest BCUT2D eigenvalue weighted by atomic mass is 16.5. The van der Waals surface area contributed by atoms with Crippen molar-refractivity contribution in [2.24, 2.45) is 0 Å². The number of fused-ring (bicyclic) bond motifs is 1. The van der Waals surface area contributed by atoms with E-state index in [-0.39, 0.29) is 5.97 Å². The molecule has 1 atom stereocenters. The molecule has 0 amide bonds. The van der Waals surface area contributed by atoms with Gasteiger partial charge in [0.1, 0.15) is 0 Å². The number of nitrogens with zero attached hydrogens (tertiary/aromatic N) is 4. The Kier molecular flexibility index (Phi) is 5.92. The molecule has 0 spiro atoms. The van der Waals surface area contributed by atoms with Gasteiger partial charge in [-0.15, -0.1) is 0 Å². The van der Waals surface area contributed by atoms with Crippen LogP contribution < -0.4 is 0 Å². The van der Waals surface area contributed by atoms with Crippen molar-refractivity contribution < 1.29 is 14.1 Å². The topological polar surface area (TPSA) is 71.7 Å². The third-order valence-corrected chi connectivity index (χ3v) is 5.58. The van der Waals surface area contributed by atoms with Crippen molar-refractivity contribution in [3.05, 3.63) is 71.1 Å². The van der Waals surface area contributed by atoms with Crippen molar-refractivity contribution >= 4 is 5.97 Å². The maximum Gasteiger partial charge on any atom is 0.337 e. The van der Waals surface area contributed by atoms with Gasteiger partial charge in [0, 0.05) is 24.7 Å². The van der Waals surface area contributed by atoms with Crippen LogP contribution in [-0.2, 0) is 24.2 Å². The number of likely N-dealkylation sites (N-methyl/N-ethyl adjacent to an activating group) is 2. The minimum absolute atomic E-state index is 0.368. The molecule has 0 fully saturated rings. The van der Waals surface area contributed by atoms with Crippen LogP contribution in [-0.4, -0.2) is 59.7 Å². The van der Waals surface area contributed by atoms with Crippen LogP contribution in [0.5, 0.6) is 0 Å². The number of hydrogen-bond donors (Lipinski definition) is 0. The summed E-state index contributed by atoms with van der Waals surface area (Å²) in [6, 6.07) is 16.1. The Morgan fingerprint density at radius 2 is 1.93 bits per heavy atom. The van der Waals surface area contributed by atoms with Gasteiger partial charge < -0.3 is 9.26 Å².